The SMILES string of the molecule is CCNC(=O)CN(C)c1cc(N)cc(OC)c1. The van der Waals surface area contributed by atoms with Crippen LogP contribution in [-0.2, 0) is 4.79 Å². The molecule has 0 aromatic heterocycles. The number of carbonyl (C=O) groups excluding carboxylic acids is 1. The lowest BCUT2D eigenvalue weighted by Gasteiger charge is -2.19. The summed E-state index contributed by atoms with van der Waals surface area (Å²) in [6.45, 7) is 2.81. The van der Waals surface area contributed by atoms with E-state index in [9.17, 15) is 4.79 Å². The van der Waals surface area contributed by atoms with Crippen LogP contribution in [-0.4, -0.2) is 33.2 Å². The number of methoxy groups -OCH3 is 1. The van der Waals surface area contributed by atoms with E-state index < -0.39 is 0 Å². The Kier molecular flexibility index (Phi) is 4.63. The molecule has 0 bridgehead atoms. The Morgan fingerprint density at radius 3 is 2.76 bits per heavy atom. The number of anilines is 2. The van der Waals surface area contributed by atoms with Crippen LogP contribution < -0.4 is 20.7 Å². The number of amides is 1. The van der Waals surface area contributed by atoms with Gasteiger partial charge in [0.15, 0.2) is 0 Å². The molecule has 1 aromatic carbocycles. The van der Waals surface area contributed by atoms with Gasteiger partial charge in [-0.05, 0) is 13.0 Å². The molecule has 0 unspecified atom stereocenters. The molecule has 17 heavy (non-hydrogen) atoms. The standard InChI is InChI=1S/C12H19N3O2/c1-4-14-12(16)8-15(2)10-5-9(13)6-11(7-10)17-3/h5-7H,4,8,13H2,1-3H3,(H,14,16). The Bertz CT molecular complexity index is 393. The van der Waals surface area contributed by atoms with Gasteiger partial charge in [-0.25, -0.2) is 0 Å². The molecule has 0 aliphatic rings. The van der Waals surface area contributed by atoms with E-state index in [0.717, 1.165) is 5.69 Å². The highest BCUT2D eigenvalue weighted by molar-refractivity contribution is 5.81. The average Bonchev–Trinajstić information content (AvgIpc) is 2.28. The molecule has 1 rings (SSSR count). The Balaban J connectivity index is 2.77. The summed E-state index contributed by atoms with van der Waals surface area (Å²) in [5.74, 6) is 0.666. The van der Waals surface area contributed by atoms with Crippen molar-refractivity contribution in [3.05, 3.63) is 18.2 Å². The summed E-state index contributed by atoms with van der Waals surface area (Å²) in [5.41, 5.74) is 7.22. The smallest absolute Gasteiger partial charge is 0.239 e. The minimum absolute atomic E-state index is 0.0172. The highest BCUT2D eigenvalue weighted by atomic mass is 16.5. The molecule has 5 nitrogen and oxygen atoms in total. The fraction of sp³-hybridized carbons (Fsp3) is 0.417. The number of nitrogens with two attached hydrogens (primary N) is 1. The summed E-state index contributed by atoms with van der Waals surface area (Å²) >= 11 is 0. The minimum Gasteiger partial charge on any atom is -0.497 e. The second-order valence-corrected chi connectivity index (χ2v) is 3.77. The van der Waals surface area contributed by atoms with Crippen molar-refractivity contribution in [2.75, 3.05) is 37.9 Å². The zero-order valence-electron chi connectivity index (χ0n) is 10.5. The second kappa shape index (κ2) is 5.98. The van der Waals surface area contributed by atoms with Gasteiger partial charge < -0.3 is 20.7 Å². The van der Waals surface area contributed by atoms with Crippen LogP contribution in [0.1, 0.15) is 6.92 Å². The highest BCUT2D eigenvalue weighted by Crippen LogP contribution is 2.24. The number of likely N-dealkylation sites (N-methyl/N-ethyl adjacent to an activating group) is 2. The van der Waals surface area contributed by atoms with Crippen molar-refractivity contribution in [2.24, 2.45) is 0 Å². The van der Waals surface area contributed by atoms with Crippen LogP contribution in [0.15, 0.2) is 18.2 Å². The van der Waals surface area contributed by atoms with Crippen molar-refractivity contribution < 1.29 is 9.53 Å². The molecular formula is C12H19N3O2. The van der Waals surface area contributed by atoms with Gasteiger partial charge in [-0.2, -0.15) is 0 Å². The Morgan fingerprint density at radius 1 is 1.47 bits per heavy atom. The van der Waals surface area contributed by atoms with E-state index in [1.807, 2.05) is 31.0 Å². The third kappa shape index (κ3) is 3.86. The Morgan fingerprint density at radius 2 is 2.18 bits per heavy atom. The molecule has 0 atom stereocenters. The Labute approximate surface area is 102 Å². The lowest BCUT2D eigenvalue weighted by atomic mass is 10.2. The van der Waals surface area contributed by atoms with E-state index in [1.54, 1.807) is 13.2 Å². The van der Waals surface area contributed by atoms with Crippen LogP contribution in [0.4, 0.5) is 11.4 Å². The van der Waals surface area contributed by atoms with Gasteiger partial charge in [-0.3, -0.25) is 4.79 Å². The molecule has 0 saturated heterocycles. The van der Waals surface area contributed by atoms with Crippen LogP contribution >= 0.6 is 0 Å². The molecule has 1 amide bonds. The quantitative estimate of drug-likeness (QED) is 0.745. The van der Waals surface area contributed by atoms with Gasteiger partial charge in [-0.1, -0.05) is 0 Å². The third-order valence-corrected chi connectivity index (χ3v) is 2.34. The number of nitrogens with zero attached hydrogens (tertiary/aromatic N) is 1. The first-order valence-corrected chi connectivity index (χ1v) is 5.49. The first-order valence-electron chi connectivity index (χ1n) is 5.49. The topological polar surface area (TPSA) is 67.6 Å². The van der Waals surface area contributed by atoms with Crippen molar-refractivity contribution in [3.63, 3.8) is 0 Å². The zero-order chi connectivity index (χ0) is 12.8. The van der Waals surface area contributed by atoms with E-state index in [0.29, 0.717) is 24.5 Å². The van der Waals surface area contributed by atoms with Crippen molar-refractivity contribution in [2.45, 2.75) is 6.92 Å². The first-order chi connectivity index (χ1) is 8.06. The summed E-state index contributed by atoms with van der Waals surface area (Å²) in [5, 5.41) is 2.75. The maximum atomic E-state index is 11.5. The number of nitrogen functional groups attached to an aromatic ring is 1. The lowest BCUT2D eigenvalue weighted by Crippen LogP contribution is -2.34. The molecule has 94 valence electrons. The van der Waals surface area contributed by atoms with Gasteiger partial charge >= 0.3 is 0 Å². The van der Waals surface area contributed by atoms with Crippen molar-refractivity contribution in [3.8, 4) is 5.75 Å². The molecule has 0 radical (unpaired) electrons. The maximum Gasteiger partial charge on any atom is 0.239 e. The van der Waals surface area contributed by atoms with Crippen LogP contribution in [0.2, 0.25) is 0 Å². The van der Waals surface area contributed by atoms with E-state index in [1.165, 1.54) is 0 Å². The van der Waals surface area contributed by atoms with Gasteiger partial charge in [0.05, 0.1) is 13.7 Å². The second-order valence-electron chi connectivity index (χ2n) is 3.77. The van der Waals surface area contributed by atoms with Crippen LogP contribution in [0.3, 0.4) is 0 Å². The summed E-state index contributed by atoms with van der Waals surface area (Å²) in [4.78, 5) is 13.3. The highest BCUT2D eigenvalue weighted by Gasteiger charge is 2.08. The maximum absolute atomic E-state index is 11.5. The predicted molar refractivity (Wildman–Crippen MR) is 69.4 cm³/mol. The molecule has 0 aliphatic heterocycles. The van der Waals surface area contributed by atoms with Gasteiger partial charge in [0.25, 0.3) is 0 Å². The lowest BCUT2D eigenvalue weighted by molar-refractivity contribution is -0.119. The van der Waals surface area contributed by atoms with Gasteiger partial charge in [-0.15, -0.1) is 0 Å². The van der Waals surface area contributed by atoms with Crippen molar-refractivity contribution in [1.82, 2.24) is 5.32 Å². The van der Waals surface area contributed by atoms with Crippen LogP contribution in [0.5, 0.6) is 5.75 Å². The number of benzene rings is 1. The number of hydrogen-bond acceptors (Lipinski definition) is 4. The molecular weight excluding hydrogens is 218 g/mol. The molecule has 1 aromatic rings. The average molecular weight is 237 g/mol. The largest absolute Gasteiger partial charge is 0.497 e. The minimum atomic E-state index is -0.0172. The van der Waals surface area contributed by atoms with E-state index in [-0.39, 0.29) is 5.91 Å². The number of hydrogen-bond donors (Lipinski definition) is 2. The monoisotopic (exact) mass is 237 g/mol. The first kappa shape index (κ1) is 13.2. The molecule has 0 saturated carbocycles. The Hall–Kier alpha value is -1.91. The normalized spacial score (nSPS) is 9.82. The number of nitrogens with one attached hydrogen (secondary N) is 1. The van der Waals surface area contributed by atoms with Crippen molar-refractivity contribution >= 4 is 17.3 Å². The number of rotatable bonds is 5. The molecule has 0 aliphatic carbocycles. The summed E-state index contributed by atoms with van der Waals surface area (Å²) in [6, 6.07) is 5.39. The number of ether oxygens (including phenoxy) is 1. The molecule has 5 heteroatoms. The number of carbonyl (C=O) groups is 1. The molecule has 0 heterocycles. The van der Waals surface area contributed by atoms with E-state index in [2.05, 4.69) is 5.32 Å². The molecule has 3 N–H and O–H groups in total. The van der Waals surface area contributed by atoms with Crippen molar-refractivity contribution in [1.29, 1.82) is 0 Å². The van der Waals surface area contributed by atoms with Crippen LogP contribution in [0, 0.1) is 0 Å². The van der Waals surface area contributed by atoms with Gasteiger partial charge in [0, 0.05) is 37.1 Å². The summed E-state index contributed by atoms with van der Waals surface area (Å²) in [7, 11) is 3.42. The predicted octanol–water partition coefficient (Wildman–Crippen LogP) is 0.850. The molecule has 0 fully saturated rings. The van der Waals surface area contributed by atoms with Gasteiger partial charge in [0.2, 0.25) is 5.91 Å². The summed E-state index contributed by atoms with van der Waals surface area (Å²) < 4.78 is 5.13. The van der Waals surface area contributed by atoms with E-state index >= 15 is 0 Å². The zero-order valence-corrected chi connectivity index (χ0v) is 10.5. The summed E-state index contributed by atoms with van der Waals surface area (Å²) in [6.07, 6.45) is 0. The fourth-order valence-electron chi connectivity index (χ4n) is 1.50. The van der Waals surface area contributed by atoms with Gasteiger partial charge in [0.1, 0.15) is 5.75 Å². The van der Waals surface area contributed by atoms with Crippen LogP contribution in [0.25, 0.3) is 0 Å². The molecule has 0 spiro atoms. The fourth-order valence-corrected chi connectivity index (χ4v) is 1.50. The van der Waals surface area contributed by atoms with E-state index in [4.69, 9.17) is 10.5 Å². The third-order valence-electron chi connectivity index (χ3n) is 2.34.